The number of fused-ring (bicyclic) bond motifs is 1. The summed E-state index contributed by atoms with van der Waals surface area (Å²) in [6.45, 7) is 0.441. The first-order chi connectivity index (χ1) is 13.5. The number of halogens is 2. The van der Waals surface area contributed by atoms with E-state index in [1.54, 1.807) is 31.4 Å². The minimum Gasteiger partial charge on any atom is -0.497 e. The molecule has 0 atom stereocenters. The highest BCUT2D eigenvalue weighted by molar-refractivity contribution is 6.49. The van der Waals surface area contributed by atoms with Gasteiger partial charge in [0.2, 0.25) is 0 Å². The molecule has 5 nitrogen and oxygen atoms in total. The Kier molecular flexibility index (Phi) is 5.04. The zero-order valence-electron chi connectivity index (χ0n) is 15.2. The molecule has 1 N–H and O–H groups in total. The van der Waals surface area contributed by atoms with Crippen molar-refractivity contribution in [3.8, 4) is 5.75 Å². The van der Waals surface area contributed by atoms with Gasteiger partial charge in [-0.1, -0.05) is 35.3 Å². The summed E-state index contributed by atoms with van der Waals surface area (Å²) in [5, 5.41) is 4.20. The molecule has 1 fully saturated rings. The third-order valence-corrected chi connectivity index (χ3v) is 5.45. The number of carbonyl (C=O) groups is 2. The minimum atomic E-state index is -0.634. The van der Waals surface area contributed by atoms with Gasteiger partial charge in [0.25, 0.3) is 11.7 Å². The quantitative estimate of drug-likeness (QED) is 0.476. The fourth-order valence-corrected chi connectivity index (χ4v) is 3.63. The molecule has 4 rings (SSSR count). The Bertz CT molecular complexity index is 1070. The average Bonchev–Trinajstić information content (AvgIpc) is 3.47. The largest absolute Gasteiger partial charge is 0.497 e. The zero-order chi connectivity index (χ0) is 19.8. The topological polar surface area (TPSA) is 60.3 Å². The van der Waals surface area contributed by atoms with Gasteiger partial charge in [0.1, 0.15) is 10.9 Å². The van der Waals surface area contributed by atoms with E-state index in [2.05, 4.69) is 5.32 Å². The molecule has 1 aromatic heterocycles. The lowest BCUT2D eigenvalue weighted by atomic mass is 10.1. The van der Waals surface area contributed by atoms with Gasteiger partial charge in [-0.2, -0.15) is 0 Å². The second-order valence-electron chi connectivity index (χ2n) is 6.84. The van der Waals surface area contributed by atoms with Crippen LogP contribution >= 0.6 is 23.2 Å². The minimum absolute atomic E-state index is 0.0900. The van der Waals surface area contributed by atoms with Gasteiger partial charge in [-0.05, 0) is 48.7 Å². The first-order valence-electron chi connectivity index (χ1n) is 8.93. The monoisotopic (exact) mass is 416 g/mol. The molecular formula is C21H18Cl2N2O3. The number of methoxy groups -OCH3 is 1. The fourth-order valence-electron chi connectivity index (χ4n) is 3.16. The lowest BCUT2D eigenvalue weighted by Gasteiger charge is -2.08. The number of carbonyl (C=O) groups excluding carboxylic acids is 2. The first-order valence-corrected chi connectivity index (χ1v) is 9.69. The lowest BCUT2D eigenvalue weighted by Crippen LogP contribution is -2.32. The Hall–Kier alpha value is -2.50. The predicted octanol–water partition coefficient (Wildman–Crippen LogP) is 4.47. The third kappa shape index (κ3) is 3.60. The van der Waals surface area contributed by atoms with Crippen LogP contribution in [-0.4, -0.2) is 29.4 Å². The van der Waals surface area contributed by atoms with Crippen molar-refractivity contribution < 1.29 is 14.3 Å². The molecule has 0 unspecified atom stereocenters. The molecule has 1 aliphatic carbocycles. The first kappa shape index (κ1) is 18.8. The van der Waals surface area contributed by atoms with E-state index >= 15 is 0 Å². The van der Waals surface area contributed by atoms with Crippen molar-refractivity contribution >= 4 is 45.8 Å². The van der Waals surface area contributed by atoms with Crippen molar-refractivity contribution in [3.63, 3.8) is 0 Å². The fraction of sp³-hybridized carbons (Fsp3) is 0.238. The van der Waals surface area contributed by atoms with Crippen molar-refractivity contribution in [1.29, 1.82) is 0 Å². The second-order valence-corrected chi connectivity index (χ2v) is 7.63. The van der Waals surface area contributed by atoms with Crippen LogP contribution in [0.4, 0.5) is 0 Å². The van der Waals surface area contributed by atoms with Gasteiger partial charge in [0, 0.05) is 23.0 Å². The maximum atomic E-state index is 12.9. The van der Waals surface area contributed by atoms with E-state index in [4.69, 9.17) is 27.9 Å². The van der Waals surface area contributed by atoms with Crippen LogP contribution in [0.5, 0.6) is 5.75 Å². The van der Waals surface area contributed by atoms with Crippen molar-refractivity contribution in [1.82, 2.24) is 9.88 Å². The third-order valence-electron chi connectivity index (χ3n) is 4.81. The average molecular weight is 417 g/mol. The van der Waals surface area contributed by atoms with E-state index < -0.39 is 11.7 Å². The molecule has 1 heterocycles. The number of aromatic nitrogens is 1. The van der Waals surface area contributed by atoms with Gasteiger partial charge >= 0.3 is 0 Å². The molecule has 1 aliphatic rings. The smallest absolute Gasteiger partial charge is 0.292 e. The lowest BCUT2D eigenvalue weighted by molar-refractivity contribution is -0.117. The van der Waals surface area contributed by atoms with Crippen LogP contribution in [0.15, 0.2) is 42.5 Å². The summed E-state index contributed by atoms with van der Waals surface area (Å²) in [4.78, 5) is 25.3. The summed E-state index contributed by atoms with van der Waals surface area (Å²) >= 11 is 12.6. The van der Waals surface area contributed by atoms with E-state index in [1.165, 1.54) is 0 Å². The van der Waals surface area contributed by atoms with Gasteiger partial charge in [0.15, 0.2) is 0 Å². The number of Topliss-reactive ketones (excluding diaryl/α,β-unsaturated/α-hetero) is 1. The predicted molar refractivity (Wildman–Crippen MR) is 110 cm³/mol. The number of benzene rings is 2. The number of hydrogen-bond donors (Lipinski definition) is 1. The Morgan fingerprint density at radius 2 is 1.86 bits per heavy atom. The molecule has 28 heavy (non-hydrogen) atoms. The van der Waals surface area contributed by atoms with Crippen molar-refractivity contribution in [2.75, 3.05) is 7.11 Å². The van der Waals surface area contributed by atoms with E-state index in [0.29, 0.717) is 22.7 Å². The molecule has 0 aliphatic heterocycles. The number of rotatable bonds is 6. The molecule has 1 saturated carbocycles. The molecular weight excluding hydrogens is 399 g/mol. The Morgan fingerprint density at radius 3 is 2.50 bits per heavy atom. The van der Waals surface area contributed by atoms with Gasteiger partial charge in [0.05, 0.1) is 18.2 Å². The molecule has 0 saturated heterocycles. The van der Waals surface area contributed by atoms with Gasteiger partial charge in [-0.25, -0.2) is 0 Å². The number of ether oxygens (including phenoxy) is 1. The van der Waals surface area contributed by atoms with Crippen LogP contribution in [0.25, 0.3) is 10.9 Å². The summed E-state index contributed by atoms with van der Waals surface area (Å²) in [7, 11) is 1.55. The van der Waals surface area contributed by atoms with Crippen LogP contribution in [0.1, 0.15) is 28.8 Å². The highest BCUT2D eigenvalue weighted by atomic mass is 35.5. The summed E-state index contributed by atoms with van der Waals surface area (Å²) in [5.74, 6) is -0.674. The Balaban J connectivity index is 1.80. The van der Waals surface area contributed by atoms with Crippen LogP contribution < -0.4 is 10.1 Å². The van der Waals surface area contributed by atoms with E-state index in [1.807, 2.05) is 22.8 Å². The maximum absolute atomic E-state index is 12.9. The highest BCUT2D eigenvalue weighted by Gasteiger charge is 2.31. The summed E-state index contributed by atoms with van der Waals surface area (Å²) < 4.78 is 7.11. The molecule has 144 valence electrons. The normalized spacial score (nSPS) is 13.5. The van der Waals surface area contributed by atoms with Gasteiger partial charge in [-0.15, -0.1) is 0 Å². The highest BCUT2D eigenvalue weighted by Crippen LogP contribution is 2.34. The molecule has 2 aromatic carbocycles. The molecule has 0 bridgehead atoms. The standard InChI is InChI=1S/C21H18Cl2N2O3/c1-28-15-8-9-17-16(10-15)18(19(26)21(27)24-14-6-7-14)20(23)25(17)11-12-2-4-13(22)5-3-12/h2-5,8-10,14H,6-7,11H2,1H3,(H,24,27). The van der Waals surface area contributed by atoms with E-state index in [-0.39, 0.29) is 16.8 Å². The Morgan fingerprint density at radius 1 is 1.14 bits per heavy atom. The van der Waals surface area contributed by atoms with Crippen LogP contribution in [0.2, 0.25) is 10.2 Å². The molecule has 3 aromatic rings. The summed E-state index contributed by atoms with van der Waals surface area (Å²) in [5.41, 5.74) is 1.92. The summed E-state index contributed by atoms with van der Waals surface area (Å²) in [6, 6.07) is 12.9. The van der Waals surface area contributed by atoms with Crippen LogP contribution in [-0.2, 0) is 11.3 Å². The second kappa shape index (κ2) is 7.49. The van der Waals surface area contributed by atoms with Gasteiger partial charge in [-0.3, -0.25) is 9.59 Å². The number of hydrogen-bond acceptors (Lipinski definition) is 3. The zero-order valence-corrected chi connectivity index (χ0v) is 16.7. The van der Waals surface area contributed by atoms with Crippen LogP contribution in [0.3, 0.4) is 0 Å². The van der Waals surface area contributed by atoms with Crippen molar-refractivity contribution in [2.24, 2.45) is 0 Å². The van der Waals surface area contributed by atoms with E-state index in [9.17, 15) is 9.59 Å². The molecule has 0 spiro atoms. The van der Waals surface area contributed by atoms with Gasteiger partial charge < -0.3 is 14.6 Å². The van der Waals surface area contributed by atoms with Crippen molar-refractivity contribution in [2.45, 2.75) is 25.4 Å². The number of nitrogens with one attached hydrogen (secondary N) is 1. The molecule has 0 radical (unpaired) electrons. The van der Waals surface area contributed by atoms with Crippen molar-refractivity contribution in [3.05, 3.63) is 63.8 Å². The SMILES string of the molecule is COc1ccc2c(c1)c(C(=O)C(=O)NC1CC1)c(Cl)n2Cc1ccc(Cl)cc1. The molecule has 7 heteroatoms. The number of ketones is 1. The number of nitrogens with zero attached hydrogens (tertiary/aromatic N) is 1. The maximum Gasteiger partial charge on any atom is 0.292 e. The molecule has 1 amide bonds. The number of amides is 1. The Labute approximate surface area is 172 Å². The summed E-state index contributed by atoms with van der Waals surface area (Å²) in [6.07, 6.45) is 1.80. The van der Waals surface area contributed by atoms with E-state index in [0.717, 1.165) is 23.9 Å². The van der Waals surface area contributed by atoms with Crippen LogP contribution in [0, 0.1) is 0 Å².